The van der Waals surface area contributed by atoms with Crippen LogP contribution in [-0.4, -0.2) is 50.1 Å². The van der Waals surface area contributed by atoms with E-state index in [0.29, 0.717) is 22.0 Å². The van der Waals surface area contributed by atoms with E-state index in [0.717, 1.165) is 0 Å². The van der Waals surface area contributed by atoms with Crippen molar-refractivity contribution in [2.24, 2.45) is 11.1 Å². The van der Waals surface area contributed by atoms with Gasteiger partial charge in [-0.15, -0.1) is 0 Å². The number of nitrogens with one attached hydrogen (secondary N) is 2. The highest BCUT2D eigenvalue weighted by atomic mass is 35.5. The predicted molar refractivity (Wildman–Crippen MR) is 138 cm³/mol. The Kier molecular flexibility index (Phi) is 8.68. The topological polar surface area (TPSA) is 136 Å². The maximum absolute atomic E-state index is 13.3. The Morgan fingerprint density at radius 3 is 2.60 bits per heavy atom. The summed E-state index contributed by atoms with van der Waals surface area (Å²) >= 11 is 6.12. The van der Waals surface area contributed by atoms with Crippen molar-refractivity contribution in [3.63, 3.8) is 0 Å². The largest absolute Gasteiger partial charge is 0.367 e. The molecule has 0 bridgehead atoms. The maximum atomic E-state index is 13.3. The van der Waals surface area contributed by atoms with Crippen LogP contribution in [0.2, 0.25) is 5.02 Å². The molecule has 2 aromatic rings. The van der Waals surface area contributed by atoms with Crippen LogP contribution in [0.25, 0.3) is 0 Å². The van der Waals surface area contributed by atoms with Gasteiger partial charge < -0.3 is 21.1 Å². The summed E-state index contributed by atoms with van der Waals surface area (Å²) in [5.74, 6) is -0.813. The lowest BCUT2D eigenvalue weighted by molar-refractivity contribution is -0.114. The van der Waals surface area contributed by atoms with Crippen molar-refractivity contribution in [3.05, 3.63) is 70.7 Å². The summed E-state index contributed by atoms with van der Waals surface area (Å²) in [6.07, 6.45) is 5.27. The first-order valence-electron chi connectivity index (χ1n) is 10.7. The molecule has 0 radical (unpaired) electrons. The van der Waals surface area contributed by atoms with Crippen LogP contribution in [0, 0.1) is 5.41 Å². The quantitative estimate of drug-likeness (QED) is 0.460. The number of carbonyl (C=O) groups excluding carboxylic acids is 2. The Labute approximate surface area is 211 Å². The minimum atomic E-state index is -0.861. The fraction of sp³-hybridized carbons (Fsp3) is 0.292. The van der Waals surface area contributed by atoms with Crippen molar-refractivity contribution in [3.8, 4) is 0 Å². The van der Waals surface area contributed by atoms with Crippen molar-refractivity contribution >= 4 is 51.0 Å². The first kappa shape index (κ1) is 26.4. The average Bonchev–Trinajstić information content (AvgIpc) is 2.84. The Morgan fingerprint density at radius 2 is 1.94 bits per heavy atom. The number of pyridine rings is 2. The number of nitrogens with zero attached hydrogens (tertiary/aromatic N) is 2. The smallest absolute Gasteiger partial charge is 0.277 e. The Bertz CT molecular complexity index is 1240. The summed E-state index contributed by atoms with van der Waals surface area (Å²) in [5.41, 5.74) is 6.59. The highest BCUT2D eigenvalue weighted by molar-refractivity contribution is 7.67. The van der Waals surface area contributed by atoms with Crippen molar-refractivity contribution in [2.75, 3.05) is 23.8 Å². The van der Waals surface area contributed by atoms with Crippen LogP contribution >= 0.6 is 11.6 Å². The van der Waals surface area contributed by atoms with Gasteiger partial charge in [-0.25, -0.2) is 14.2 Å². The Hall–Kier alpha value is -3.18. The van der Waals surface area contributed by atoms with Gasteiger partial charge >= 0.3 is 0 Å². The number of allylic oxidation sites excluding steroid dienone is 2. The van der Waals surface area contributed by atoms with E-state index >= 15 is 0 Å². The molecule has 2 heterocycles. The van der Waals surface area contributed by atoms with Gasteiger partial charge in [0.15, 0.2) is 5.69 Å². The zero-order valence-corrected chi connectivity index (χ0v) is 21.1. The summed E-state index contributed by atoms with van der Waals surface area (Å²) in [6, 6.07) is 6.28. The summed E-state index contributed by atoms with van der Waals surface area (Å²) in [7, 11) is 0. The number of amides is 2. The molecule has 1 atom stereocenters. The van der Waals surface area contributed by atoms with Crippen LogP contribution in [0.15, 0.2) is 60.0 Å². The molecule has 0 saturated carbocycles. The van der Waals surface area contributed by atoms with E-state index in [-0.39, 0.29) is 46.0 Å². The molecule has 4 N–H and O–H groups in total. The third kappa shape index (κ3) is 6.70. The molecule has 1 aliphatic rings. The number of hydrogen-bond donors (Lipinski definition) is 3. The van der Waals surface area contributed by atoms with E-state index in [1.54, 1.807) is 43.3 Å². The second kappa shape index (κ2) is 11.5. The highest BCUT2D eigenvalue weighted by Crippen LogP contribution is 2.25. The van der Waals surface area contributed by atoms with Gasteiger partial charge in [-0.3, -0.25) is 9.59 Å². The third-order valence-corrected chi connectivity index (χ3v) is 6.15. The van der Waals surface area contributed by atoms with E-state index in [2.05, 4.69) is 20.6 Å². The number of nitrogens with two attached hydrogens (primary N) is 1. The van der Waals surface area contributed by atoms with Crippen LogP contribution < -0.4 is 16.4 Å². The average molecular weight is 516 g/mol. The van der Waals surface area contributed by atoms with Crippen LogP contribution in [0.1, 0.15) is 31.3 Å². The van der Waals surface area contributed by atoms with Crippen molar-refractivity contribution in [2.45, 2.75) is 26.9 Å². The molecule has 0 aliphatic heterocycles. The molecule has 1 aliphatic carbocycles. The molecular weight excluding hydrogens is 490 g/mol. The first-order valence-corrected chi connectivity index (χ1v) is 11.8. The minimum Gasteiger partial charge on any atom is -0.367 e. The van der Waals surface area contributed by atoms with Crippen LogP contribution in [0.3, 0.4) is 0 Å². The molecular formula is C24H26ClN5O4S. The third-order valence-electron chi connectivity index (χ3n) is 5.21. The van der Waals surface area contributed by atoms with Gasteiger partial charge in [-0.05, 0) is 43.3 Å². The number of rotatable bonds is 8. The van der Waals surface area contributed by atoms with Crippen molar-refractivity contribution in [1.82, 2.24) is 9.97 Å². The molecule has 2 aromatic heterocycles. The van der Waals surface area contributed by atoms with Gasteiger partial charge in [0.2, 0.25) is 0 Å². The molecule has 9 nitrogen and oxygen atoms in total. The van der Waals surface area contributed by atoms with Gasteiger partial charge in [-0.1, -0.05) is 37.6 Å². The number of hydrogen-bond acceptors (Lipinski definition) is 7. The van der Waals surface area contributed by atoms with Crippen molar-refractivity contribution < 1.29 is 18.5 Å². The van der Waals surface area contributed by atoms with E-state index in [1.807, 2.05) is 13.8 Å². The first-order chi connectivity index (χ1) is 16.6. The minimum absolute atomic E-state index is 0.00938. The highest BCUT2D eigenvalue weighted by Gasteiger charge is 2.32. The molecule has 11 heteroatoms. The van der Waals surface area contributed by atoms with E-state index in [9.17, 15) is 13.8 Å². The summed E-state index contributed by atoms with van der Waals surface area (Å²) in [6.45, 7) is 6.26. The fourth-order valence-corrected chi connectivity index (χ4v) is 3.67. The predicted octanol–water partition coefficient (Wildman–Crippen LogP) is 2.96. The molecule has 0 saturated heterocycles. The second-order valence-electron chi connectivity index (χ2n) is 8.65. The lowest BCUT2D eigenvalue weighted by Crippen LogP contribution is -2.39. The standard InChI is InChI=1S/C24H26ClN5O4S/c1-14-6-8-16(20(21(14)35-33)34-13-24(2,3)12-26)22(31)29-17-5-4-10-27-19(17)23(32)30-18-9-7-15(25)11-28-18/h4-11,20H,12-13,26H2,1-3H3,(H,29,31)(H,28,30,32). The zero-order valence-electron chi connectivity index (χ0n) is 19.5. The number of ether oxygens (including phenoxy) is 1. The SMILES string of the molecule is CC1=CC=C(C(=O)Nc2cccnc2C(=O)Nc2ccc(Cl)cn2)C(OCC(C)(C)CN)C1=S=O. The Morgan fingerprint density at radius 1 is 1.17 bits per heavy atom. The molecule has 2 amide bonds. The second-order valence-corrected chi connectivity index (χ2v) is 9.69. The molecule has 35 heavy (non-hydrogen) atoms. The summed E-state index contributed by atoms with van der Waals surface area (Å²) in [5, 5.41) is 5.78. The summed E-state index contributed by atoms with van der Waals surface area (Å²) < 4.78 is 17.9. The van der Waals surface area contributed by atoms with Gasteiger partial charge in [0.05, 0.1) is 39.0 Å². The van der Waals surface area contributed by atoms with E-state index < -0.39 is 17.9 Å². The van der Waals surface area contributed by atoms with Gasteiger partial charge in [0.25, 0.3) is 11.8 Å². The van der Waals surface area contributed by atoms with Gasteiger partial charge in [0, 0.05) is 17.8 Å². The van der Waals surface area contributed by atoms with E-state index in [1.165, 1.54) is 12.4 Å². The lowest BCUT2D eigenvalue weighted by atomic mass is 9.93. The molecule has 1 unspecified atom stereocenters. The Balaban J connectivity index is 1.84. The summed E-state index contributed by atoms with van der Waals surface area (Å²) in [4.78, 5) is 34.7. The lowest BCUT2D eigenvalue weighted by Gasteiger charge is -2.29. The fourth-order valence-electron chi connectivity index (χ4n) is 3.08. The normalized spacial score (nSPS) is 15.7. The number of carbonyl (C=O) groups is 2. The monoisotopic (exact) mass is 515 g/mol. The number of anilines is 2. The number of halogens is 1. The van der Waals surface area contributed by atoms with Gasteiger partial charge in [0.1, 0.15) is 11.9 Å². The van der Waals surface area contributed by atoms with Gasteiger partial charge in [-0.2, -0.15) is 0 Å². The molecule has 0 fully saturated rings. The van der Waals surface area contributed by atoms with Crippen LogP contribution in [-0.2, 0) is 20.8 Å². The molecule has 0 spiro atoms. The number of aromatic nitrogens is 2. The zero-order chi connectivity index (χ0) is 25.6. The molecule has 0 aromatic carbocycles. The van der Waals surface area contributed by atoms with Crippen LogP contribution in [0.4, 0.5) is 11.5 Å². The molecule has 3 rings (SSSR count). The van der Waals surface area contributed by atoms with Crippen LogP contribution in [0.5, 0.6) is 0 Å². The van der Waals surface area contributed by atoms with E-state index in [4.69, 9.17) is 22.1 Å². The van der Waals surface area contributed by atoms with Crippen molar-refractivity contribution in [1.29, 1.82) is 0 Å². The molecule has 184 valence electrons. The maximum Gasteiger partial charge on any atom is 0.277 e.